The second-order valence-corrected chi connectivity index (χ2v) is 10.8. The van der Waals surface area contributed by atoms with Crippen molar-refractivity contribution < 1.29 is 9.59 Å². The minimum atomic E-state index is -0.0985. The van der Waals surface area contributed by atoms with Crippen LogP contribution in [0.2, 0.25) is 0 Å². The molecular formula is C27H29N5O2S2. The summed E-state index contributed by atoms with van der Waals surface area (Å²) in [5.41, 5.74) is 1.92. The van der Waals surface area contributed by atoms with Crippen molar-refractivity contribution in [1.82, 2.24) is 15.5 Å². The molecule has 36 heavy (non-hydrogen) atoms. The van der Waals surface area contributed by atoms with Crippen LogP contribution in [0.15, 0.2) is 77.1 Å². The standard InChI is InChI=1S/C27H29N5O2S2/c1-18(35-26(28-2)29-23(33)15-19-9-5-3-6-10-19)21-13-14-22(17-21)25-31-32-27(36-25)30-24(34)16-20-11-7-4-8-12-20/h3-12,21-22H,1,13-17H2,2H3,(H,28,29,33)(H,30,32,34). The zero-order chi connectivity index (χ0) is 25.3. The van der Waals surface area contributed by atoms with Gasteiger partial charge in [-0.2, -0.15) is 0 Å². The topological polar surface area (TPSA) is 96.3 Å². The van der Waals surface area contributed by atoms with Crippen LogP contribution in [-0.2, 0) is 22.4 Å². The Bertz CT molecular complexity index is 1230. The van der Waals surface area contributed by atoms with Gasteiger partial charge in [0.1, 0.15) is 5.01 Å². The minimum Gasteiger partial charge on any atom is -0.305 e. The molecule has 1 saturated carbocycles. The summed E-state index contributed by atoms with van der Waals surface area (Å²) in [6, 6.07) is 19.3. The summed E-state index contributed by atoms with van der Waals surface area (Å²) in [4.78, 5) is 30.0. The molecule has 9 heteroatoms. The number of hydrogen-bond donors (Lipinski definition) is 2. The van der Waals surface area contributed by atoms with Crippen LogP contribution in [0.25, 0.3) is 0 Å². The third kappa shape index (κ3) is 7.35. The Balaban J connectivity index is 1.25. The van der Waals surface area contributed by atoms with Gasteiger partial charge < -0.3 is 10.6 Å². The largest absolute Gasteiger partial charge is 0.305 e. The Labute approximate surface area is 219 Å². The summed E-state index contributed by atoms with van der Waals surface area (Å²) in [6.07, 6.45) is 3.49. The Kier molecular flexibility index (Phi) is 9.02. The monoisotopic (exact) mass is 519 g/mol. The summed E-state index contributed by atoms with van der Waals surface area (Å²) in [6.45, 7) is 4.27. The molecule has 1 heterocycles. The van der Waals surface area contributed by atoms with E-state index in [1.807, 2.05) is 60.7 Å². The molecule has 0 aliphatic heterocycles. The molecule has 2 atom stereocenters. The second-order valence-electron chi connectivity index (χ2n) is 8.67. The van der Waals surface area contributed by atoms with Gasteiger partial charge in [0, 0.05) is 13.0 Å². The highest BCUT2D eigenvalue weighted by molar-refractivity contribution is 8.17. The van der Waals surface area contributed by atoms with Crippen LogP contribution in [0, 0.1) is 5.92 Å². The molecule has 2 amide bonds. The first kappa shape index (κ1) is 25.8. The number of thioether (sulfide) groups is 1. The highest BCUT2D eigenvalue weighted by Gasteiger charge is 2.31. The number of carbonyl (C=O) groups is 2. The van der Waals surface area contributed by atoms with Crippen LogP contribution in [0.5, 0.6) is 0 Å². The number of hydrogen-bond acceptors (Lipinski definition) is 7. The van der Waals surface area contributed by atoms with E-state index in [0.29, 0.717) is 29.1 Å². The minimum absolute atomic E-state index is 0.0953. The summed E-state index contributed by atoms with van der Waals surface area (Å²) >= 11 is 2.87. The number of amidine groups is 1. The average molecular weight is 520 g/mol. The van der Waals surface area contributed by atoms with Crippen LogP contribution in [0.4, 0.5) is 5.13 Å². The highest BCUT2D eigenvalue weighted by atomic mass is 32.2. The zero-order valence-electron chi connectivity index (χ0n) is 20.1. The van der Waals surface area contributed by atoms with Gasteiger partial charge in [0.15, 0.2) is 5.17 Å². The van der Waals surface area contributed by atoms with Gasteiger partial charge in [-0.05, 0) is 41.2 Å². The molecule has 0 spiro atoms. The molecule has 4 rings (SSSR count). The quantitative estimate of drug-likeness (QED) is 0.315. The summed E-state index contributed by atoms with van der Waals surface area (Å²) in [7, 11) is 1.67. The van der Waals surface area contributed by atoms with Crippen LogP contribution in [-0.4, -0.2) is 34.2 Å². The van der Waals surface area contributed by atoms with Crippen LogP contribution in [0.1, 0.15) is 41.3 Å². The van der Waals surface area contributed by atoms with Crippen LogP contribution >= 0.6 is 23.1 Å². The normalized spacial score (nSPS) is 17.5. The van der Waals surface area contributed by atoms with Gasteiger partial charge in [-0.3, -0.25) is 14.6 Å². The van der Waals surface area contributed by atoms with Gasteiger partial charge in [-0.1, -0.05) is 90.3 Å². The van der Waals surface area contributed by atoms with Crippen LogP contribution < -0.4 is 10.6 Å². The number of rotatable bonds is 8. The fraction of sp³-hybridized carbons (Fsp3) is 0.296. The van der Waals surface area contributed by atoms with E-state index in [2.05, 4.69) is 32.4 Å². The van der Waals surface area contributed by atoms with Crippen molar-refractivity contribution in [2.45, 2.75) is 38.0 Å². The number of nitrogens with one attached hydrogen (secondary N) is 2. The molecule has 0 bridgehead atoms. The maximum absolute atomic E-state index is 12.4. The maximum Gasteiger partial charge on any atom is 0.230 e. The lowest BCUT2D eigenvalue weighted by Gasteiger charge is -2.15. The molecule has 186 valence electrons. The molecule has 2 aromatic carbocycles. The smallest absolute Gasteiger partial charge is 0.230 e. The maximum atomic E-state index is 12.4. The molecule has 1 aliphatic carbocycles. The Morgan fingerprint density at radius 3 is 2.28 bits per heavy atom. The zero-order valence-corrected chi connectivity index (χ0v) is 21.8. The number of nitrogens with zero attached hydrogens (tertiary/aromatic N) is 3. The second kappa shape index (κ2) is 12.6. The number of carbonyl (C=O) groups excluding carboxylic acids is 2. The number of allylic oxidation sites excluding steroid dienone is 1. The lowest BCUT2D eigenvalue weighted by molar-refractivity contribution is -0.119. The fourth-order valence-electron chi connectivity index (χ4n) is 4.17. The van der Waals surface area contributed by atoms with Gasteiger partial charge in [0.05, 0.1) is 12.8 Å². The van der Waals surface area contributed by atoms with Gasteiger partial charge >= 0.3 is 0 Å². The predicted octanol–water partition coefficient (Wildman–Crippen LogP) is 5.19. The van der Waals surface area contributed by atoms with Crippen molar-refractivity contribution in [3.8, 4) is 0 Å². The Morgan fingerprint density at radius 1 is 1.00 bits per heavy atom. The van der Waals surface area contributed by atoms with Crippen molar-refractivity contribution in [1.29, 1.82) is 0 Å². The molecule has 2 unspecified atom stereocenters. The van der Waals surface area contributed by atoms with Gasteiger partial charge in [-0.15, -0.1) is 10.2 Å². The van der Waals surface area contributed by atoms with Gasteiger partial charge in [0.25, 0.3) is 0 Å². The third-order valence-corrected chi connectivity index (χ3v) is 8.09. The first-order chi connectivity index (χ1) is 17.5. The molecule has 7 nitrogen and oxygen atoms in total. The molecule has 3 aromatic rings. The lowest BCUT2D eigenvalue weighted by Crippen LogP contribution is -2.30. The molecule has 0 radical (unpaired) electrons. The SMILES string of the molecule is C=C(SC(=NC)NC(=O)Cc1ccccc1)C1CCC(c2nnc(NC(=O)Cc3ccccc3)s2)C1. The van der Waals surface area contributed by atoms with E-state index >= 15 is 0 Å². The summed E-state index contributed by atoms with van der Waals surface area (Å²) in [5, 5.41) is 16.3. The lowest BCUT2D eigenvalue weighted by atomic mass is 10.1. The number of amides is 2. The number of aliphatic imine (C=N–C) groups is 1. The molecule has 1 aromatic heterocycles. The van der Waals surface area contributed by atoms with Crippen molar-refractivity contribution >= 4 is 45.2 Å². The first-order valence-electron chi connectivity index (χ1n) is 11.8. The third-order valence-electron chi connectivity index (χ3n) is 6.02. The number of anilines is 1. The van der Waals surface area contributed by atoms with Crippen molar-refractivity contribution in [3.63, 3.8) is 0 Å². The van der Waals surface area contributed by atoms with E-state index in [1.165, 1.54) is 23.1 Å². The van der Waals surface area contributed by atoms with E-state index in [9.17, 15) is 9.59 Å². The highest BCUT2D eigenvalue weighted by Crippen LogP contribution is 2.45. The number of benzene rings is 2. The van der Waals surface area contributed by atoms with Gasteiger partial charge in [-0.25, -0.2) is 0 Å². The molecule has 2 N–H and O–H groups in total. The van der Waals surface area contributed by atoms with Crippen molar-refractivity contribution in [2.75, 3.05) is 12.4 Å². The average Bonchev–Trinajstić information content (AvgIpc) is 3.55. The van der Waals surface area contributed by atoms with E-state index < -0.39 is 0 Å². The summed E-state index contributed by atoms with van der Waals surface area (Å²) < 4.78 is 0. The fourth-order valence-corrected chi connectivity index (χ4v) is 5.96. The molecule has 0 saturated heterocycles. The van der Waals surface area contributed by atoms with Crippen LogP contribution in [0.3, 0.4) is 0 Å². The first-order valence-corrected chi connectivity index (χ1v) is 13.5. The number of aromatic nitrogens is 2. The van der Waals surface area contributed by atoms with Crippen molar-refractivity contribution in [2.24, 2.45) is 10.9 Å². The predicted molar refractivity (Wildman–Crippen MR) is 147 cm³/mol. The molecule has 1 aliphatic rings. The van der Waals surface area contributed by atoms with Crippen molar-refractivity contribution in [3.05, 3.63) is 88.3 Å². The van der Waals surface area contributed by atoms with E-state index in [4.69, 9.17) is 0 Å². The Hall–Kier alpha value is -3.30. The van der Waals surface area contributed by atoms with E-state index in [1.54, 1.807) is 7.05 Å². The Morgan fingerprint density at radius 2 is 1.64 bits per heavy atom. The van der Waals surface area contributed by atoms with E-state index in [-0.39, 0.29) is 17.7 Å². The summed E-state index contributed by atoms with van der Waals surface area (Å²) in [5.74, 6) is 0.378. The van der Waals surface area contributed by atoms with E-state index in [0.717, 1.165) is 40.3 Å². The molecular weight excluding hydrogens is 490 g/mol. The van der Waals surface area contributed by atoms with Gasteiger partial charge in [0.2, 0.25) is 16.9 Å². The molecule has 1 fully saturated rings.